The molecule has 1 aromatic heterocycles. The number of carbonyl (C=O) groups is 1. The molecule has 3 rings (SSSR count). The van der Waals surface area contributed by atoms with Crippen molar-refractivity contribution in [1.29, 1.82) is 0 Å². The van der Waals surface area contributed by atoms with E-state index in [0.717, 1.165) is 12.1 Å². The summed E-state index contributed by atoms with van der Waals surface area (Å²) >= 11 is 0. The van der Waals surface area contributed by atoms with Crippen LogP contribution in [0.5, 0.6) is 0 Å². The Labute approximate surface area is 167 Å². The van der Waals surface area contributed by atoms with Crippen LogP contribution in [0.25, 0.3) is 0 Å². The highest BCUT2D eigenvalue weighted by Gasteiger charge is 2.37. The van der Waals surface area contributed by atoms with Gasteiger partial charge in [0.25, 0.3) is 0 Å². The normalized spacial score (nSPS) is 16.2. The summed E-state index contributed by atoms with van der Waals surface area (Å²) in [7, 11) is -2.79. The first-order valence-corrected chi connectivity index (χ1v) is 10.4. The van der Waals surface area contributed by atoms with Gasteiger partial charge in [-0.1, -0.05) is 6.07 Å². The van der Waals surface area contributed by atoms with Gasteiger partial charge in [0.15, 0.2) is 11.6 Å². The fourth-order valence-corrected chi connectivity index (χ4v) is 5.26. The monoisotopic (exact) mass is 428 g/mol. The lowest BCUT2D eigenvalue weighted by Crippen LogP contribution is -2.48. The van der Waals surface area contributed by atoms with E-state index < -0.39 is 27.6 Å². The number of hydrogen-bond acceptors (Lipinski definition) is 6. The van der Waals surface area contributed by atoms with Gasteiger partial charge in [0.05, 0.1) is 7.11 Å². The Balaban J connectivity index is 1.75. The molecule has 1 aliphatic heterocycles. The van der Waals surface area contributed by atoms with Crippen molar-refractivity contribution in [2.24, 2.45) is 0 Å². The van der Waals surface area contributed by atoms with Crippen LogP contribution in [0.1, 0.15) is 27.4 Å². The molecule has 1 aliphatic rings. The quantitative estimate of drug-likeness (QED) is 0.681. The second kappa shape index (κ2) is 8.21. The van der Waals surface area contributed by atoms with E-state index in [0.29, 0.717) is 25.2 Å². The van der Waals surface area contributed by atoms with Gasteiger partial charge in [0, 0.05) is 32.7 Å². The number of aryl methyl sites for hydroxylation is 2. The van der Waals surface area contributed by atoms with Crippen LogP contribution in [0, 0.1) is 25.5 Å². The summed E-state index contributed by atoms with van der Waals surface area (Å²) < 4.78 is 64.1. The molecule has 0 saturated carbocycles. The molecule has 1 fully saturated rings. The summed E-state index contributed by atoms with van der Waals surface area (Å²) in [5, 5.41) is 0. The third-order valence-corrected chi connectivity index (χ3v) is 6.97. The van der Waals surface area contributed by atoms with E-state index >= 15 is 0 Å². The smallest absolute Gasteiger partial charge is 0.342 e. The van der Waals surface area contributed by atoms with Crippen LogP contribution in [0.4, 0.5) is 8.78 Å². The predicted octanol–water partition coefficient (Wildman–Crippen LogP) is 2.47. The zero-order chi connectivity index (χ0) is 21.3. The molecule has 10 heteroatoms. The second-order valence-corrected chi connectivity index (χ2v) is 8.71. The first-order chi connectivity index (χ1) is 13.6. The zero-order valence-corrected chi connectivity index (χ0v) is 17.2. The molecule has 0 spiro atoms. The molecule has 0 unspecified atom stereocenters. The van der Waals surface area contributed by atoms with Gasteiger partial charge in [0.2, 0.25) is 10.0 Å². The molecule has 2 heterocycles. The second-order valence-electron chi connectivity index (χ2n) is 6.84. The first kappa shape index (κ1) is 21.4. The van der Waals surface area contributed by atoms with Crippen molar-refractivity contribution >= 4 is 16.0 Å². The van der Waals surface area contributed by atoms with E-state index in [9.17, 15) is 22.0 Å². The van der Waals surface area contributed by atoms with Gasteiger partial charge in [-0.3, -0.25) is 4.90 Å². The third kappa shape index (κ3) is 4.19. The minimum Gasteiger partial charge on any atom is -0.465 e. The molecule has 0 bridgehead atoms. The summed E-state index contributed by atoms with van der Waals surface area (Å²) in [5.74, 6) is -2.27. The Morgan fingerprint density at radius 2 is 1.76 bits per heavy atom. The minimum atomic E-state index is -3.96. The molecule has 0 atom stereocenters. The van der Waals surface area contributed by atoms with Crippen LogP contribution in [0.2, 0.25) is 0 Å². The highest BCUT2D eigenvalue weighted by Crippen LogP contribution is 2.30. The Bertz CT molecular complexity index is 1030. The highest BCUT2D eigenvalue weighted by molar-refractivity contribution is 7.89. The maximum absolute atomic E-state index is 13.4. The molecule has 1 saturated heterocycles. The van der Waals surface area contributed by atoms with Crippen molar-refractivity contribution in [3.8, 4) is 0 Å². The molecule has 1 aromatic carbocycles. The Hall–Kier alpha value is -2.30. The van der Waals surface area contributed by atoms with Crippen LogP contribution in [0.3, 0.4) is 0 Å². The van der Waals surface area contributed by atoms with Crippen LogP contribution < -0.4 is 0 Å². The topological polar surface area (TPSA) is 80.1 Å². The molecule has 2 aromatic rings. The number of esters is 1. The van der Waals surface area contributed by atoms with Gasteiger partial charge < -0.3 is 9.15 Å². The summed E-state index contributed by atoms with van der Waals surface area (Å²) in [6, 6.07) is 3.71. The number of ether oxygens (including phenoxy) is 1. The average molecular weight is 428 g/mol. The van der Waals surface area contributed by atoms with E-state index in [1.54, 1.807) is 0 Å². The predicted molar refractivity (Wildman–Crippen MR) is 99.9 cm³/mol. The van der Waals surface area contributed by atoms with E-state index in [2.05, 4.69) is 0 Å². The van der Waals surface area contributed by atoms with Crippen LogP contribution in [-0.4, -0.2) is 56.9 Å². The number of rotatable bonds is 5. The molecule has 0 aliphatic carbocycles. The lowest BCUT2D eigenvalue weighted by atomic mass is 10.2. The summed E-state index contributed by atoms with van der Waals surface area (Å²) in [4.78, 5) is 13.9. The minimum absolute atomic E-state index is 0.0887. The maximum atomic E-state index is 13.4. The number of furan rings is 1. The van der Waals surface area contributed by atoms with Gasteiger partial charge in [-0.15, -0.1) is 0 Å². The Morgan fingerprint density at radius 1 is 1.10 bits per heavy atom. The number of halogens is 2. The van der Waals surface area contributed by atoms with E-state index in [1.807, 2.05) is 4.90 Å². The van der Waals surface area contributed by atoms with Crippen molar-refractivity contribution in [1.82, 2.24) is 9.21 Å². The molecule has 0 N–H and O–H groups in total. The standard InChI is InChI=1S/C19H22F2N2O5S/c1-12-17(19(24)27-3)18(13(2)28-12)29(25,26)23-8-6-22(7-9-23)11-14-4-5-15(20)16(21)10-14/h4-5,10H,6-9,11H2,1-3H3. The number of nitrogens with zero attached hydrogens (tertiary/aromatic N) is 2. The van der Waals surface area contributed by atoms with Gasteiger partial charge in [-0.25, -0.2) is 22.0 Å². The molecule has 29 heavy (non-hydrogen) atoms. The Kier molecular flexibility index (Phi) is 6.06. The summed E-state index contributed by atoms with van der Waals surface area (Å²) in [5.41, 5.74) is 0.517. The van der Waals surface area contributed by atoms with E-state index in [4.69, 9.17) is 9.15 Å². The Morgan fingerprint density at radius 3 is 2.34 bits per heavy atom. The lowest BCUT2D eigenvalue weighted by molar-refractivity contribution is 0.0594. The number of benzene rings is 1. The summed E-state index contributed by atoms with van der Waals surface area (Å²) in [6.45, 7) is 4.57. The molecular formula is C19H22F2N2O5S. The molecule has 7 nitrogen and oxygen atoms in total. The SMILES string of the molecule is COC(=O)c1c(C)oc(C)c1S(=O)(=O)N1CCN(Cc2ccc(F)c(F)c2)CC1. The van der Waals surface area contributed by atoms with Crippen LogP contribution in [-0.2, 0) is 21.3 Å². The zero-order valence-electron chi connectivity index (χ0n) is 16.4. The molecule has 0 radical (unpaired) electrons. The van der Waals surface area contributed by atoms with Gasteiger partial charge >= 0.3 is 5.97 Å². The molecule has 0 amide bonds. The fourth-order valence-electron chi connectivity index (χ4n) is 3.47. The highest BCUT2D eigenvalue weighted by atomic mass is 32.2. The number of piperazine rings is 1. The number of carbonyl (C=O) groups excluding carboxylic acids is 1. The van der Waals surface area contributed by atoms with Gasteiger partial charge in [-0.2, -0.15) is 4.31 Å². The van der Waals surface area contributed by atoms with Crippen molar-refractivity contribution < 1.29 is 31.1 Å². The van der Waals surface area contributed by atoms with E-state index in [-0.39, 0.29) is 35.1 Å². The van der Waals surface area contributed by atoms with Crippen LogP contribution in [0.15, 0.2) is 27.5 Å². The number of sulfonamides is 1. The third-order valence-electron chi connectivity index (χ3n) is 4.91. The number of methoxy groups -OCH3 is 1. The fraction of sp³-hybridized carbons (Fsp3) is 0.421. The average Bonchev–Trinajstić information content (AvgIpc) is 2.99. The van der Waals surface area contributed by atoms with Gasteiger partial charge in [0.1, 0.15) is 22.0 Å². The first-order valence-electron chi connectivity index (χ1n) is 9.00. The summed E-state index contributed by atoms with van der Waals surface area (Å²) in [6.07, 6.45) is 0. The number of hydrogen-bond donors (Lipinski definition) is 0. The van der Waals surface area contributed by atoms with Crippen LogP contribution >= 0.6 is 0 Å². The molecular weight excluding hydrogens is 406 g/mol. The van der Waals surface area contributed by atoms with E-state index in [1.165, 1.54) is 31.3 Å². The molecule has 158 valence electrons. The van der Waals surface area contributed by atoms with Gasteiger partial charge in [-0.05, 0) is 31.5 Å². The van der Waals surface area contributed by atoms with Crippen molar-refractivity contribution in [2.75, 3.05) is 33.3 Å². The maximum Gasteiger partial charge on any atom is 0.342 e. The lowest BCUT2D eigenvalue weighted by Gasteiger charge is -2.34. The largest absolute Gasteiger partial charge is 0.465 e. The van der Waals surface area contributed by atoms with Crippen molar-refractivity contribution in [3.05, 3.63) is 52.5 Å². The van der Waals surface area contributed by atoms with Crippen molar-refractivity contribution in [2.45, 2.75) is 25.3 Å². The van der Waals surface area contributed by atoms with Crippen molar-refractivity contribution in [3.63, 3.8) is 0 Å².